The van der Waals surface area contributed by atoms with Crippen LogP contribution in [0.4, 0.5) is 4.39 Å². The summed E-state index contributed by atoms with van der Waals surface area (Å²) in [7, 11) is 0. The van der Waals surface area contributed by atoms with E-state index in [2.05, 4.69) is 4.98 Å². The van der Waals surface area contributed by atoms with Gasteiger partial charge in [-0.2, -0.15) is 0 Å². The third-order valence-electron chi connectivity index (χ3n) is 1.77. The Morgan fingerprint density at radius 2 is 2.20 bits per heavy atom. The normalized spacial score (nSPS) is 10.3. The van der Waals surface area contributed by atoms with Crippen LogP contribution in [0, 0.1) is 5.82 Å². The number of pyridine rings is 1. The van der Waals surface area contributed by atoms with Gasteiger partial charge in [0, 0.05) is 6.20 Å². The van der Waals surface area contributed by atoms with E-state index in [1.807, 2.05) is 0 Å². The zero-order valence-corrected chi connectivity index (χ0v) is 8.98. The summed E-state index contributed by atoms with van der Waals surface area (Å²) in [5.41, 5.74) is -0.170. The number of hydrogen-bond acceptors (Lipinski definition) is 3. The van der Waals surface area contributed by atoms with Crippen LogP contribution in [0.5, 0.6) is 0 Å². The lowest BCUT2D eigenvalue weighted by atomic mass is 10.2. The standard InChI is InChI=1S/C10H5ClFNOS/c11-8-4-3-7(15-8)10(14)9-6(12)2-1-5-13-9/h1-5H. The van der Waals surface area contributed by atoms with Crippen molar-refractivity contribution in [2.24, 2.45) is 0 Å². The van der Waals surface area contributed by atoms with Gasteiger partial charge in [-0.3, -0.25) is 4.79 Å². The summed E-state index contributed by atoms with van der Waals surface area (Å²) in [5.74, 6) is -1.06. The fourth-order valence-corrected chi connectivity index (χ4v) is 2.09. The lowest BCUT2D eigenvalue weighted by Gasteiger charge is -1.97. The van der Waals surface area contributed by atoms with E-state index < -0.39 is 11.6 Å². The Bertz CT molecular complexity index is 512. The molecule has 2 aromatic rings. The molecule has 0 N–H and O–H groups in total. The van der Waals surface area contributed by atoms with Gasteiger partial charge in [-0.05, 0) is 24.3 Å². The molecule has 0 bridgehead atoms. The van der Waals surface area contributed by atoms with Gasteiger partial charge in [0.1, 0.15) is 5.69 Å². The number of rotatable bonds is 2. The van der Waals surface area contributed by atoms with Crippen LogP contribution in [0.2, 0.25) is 4.34 Å². The fraction of sp³-hybridized carbons (Fsp3) is 0. The molecule has 0 aliphatic heterocycles. The van der Waals surface area contributed by atoms with Gasteiger partial charge >= 0.3 is 0 Å². The highest BCUT2D eigenvalue weighted by Crippen LogP contribution is 2.23. The zero-order chi connectivity index (χ0) is 10.8. The Kier molecular flexibility index (Phi) is 2.79. The average molecular weight is 242 g/mol. The molecule has 0 fully saturated rings. The molecule has 0 unspecified atom stereocenters. The summed E-state index contributed by atoms with van der Waals surface area (Å²) in [6.07, 6.45) is 1.38. The van der Waals surface area contributed by atoms with Crippen molar-refractivity contribution in [3.8, 4) is 0 Å². The second-order valence-corrected chi connectivity index (χ2v) is 4.48. The first-order valence-corrected chi connectivity index (χ1v) is 5.28. The smallest absolute Gasteiger partial charge is 0.224 e. The highest BCUT2D eigenvalue weighted by molar-refractivity contribution is 7.18. The minimum Gasteiger partial charge on any atom is -0.286 e. The Morgan fingerprint density at radius 3 is 2.80 bits per heavy atom. The number of aromatic nitrogens is 1. The molecule has 0 aromatic carbocycles. The van der Waals surface area contributed by atoms with Gasteiger partial charge in [0.2, 0.25) is 5.78 Å². The SMILES string of the molecule is O=C(c1ccc(Cl)s1)c1ncccc1F. The summed E-state index contributed by atoms with van der Waals surface area (Å²) in [4.78, 5) is 15.8. The average Bonchev–Trinajstić information content (AvgIpc) is 2.65. The summed E-state index contributed by atoms with van der Waals surface area (Å²) >= 11 is 6.79. The second kappa shape index (κ2) is 4.08. The molecule has 0 amide bonds. The molecule has 0 saturated heterocycles. The largest absolute Gasteiger partial charge is 0.286 e. The van der Waals surface area contributed by atoms with Crippen molar-refractivity contribution >= 4 is 28.7 Å². The van der Waals surface area contributed by atoms with Crippen LogP contribution < -0.4 is 0 Å². The van der Waals surface area contributed by atoms with Crippen molar-refractivity contribution in [1.82, 2.24) is 4.98 Å². The topological polar surface area (TPSA) is 30.0 Å². The van der Waals surface area contributed by atoms with Crippen molar-refractivity contribution in [2.75, 3.05) is 0 Å². The quantitative estimate of drug-likeness (QED) is 0.756. The van der Waals surface area contributed by atoms with E-state index in [4.69, 9.17) is 11.6 Å². The lowest BCUT2D eigenvalue weighted by molar-refractivity contribution is 0.103. The summed E-state index contributed by atoms with van der Waals surface area (Å²) < 4.78 is 13.7. The van der Waals surface area contributed by atoms with E-state index in [-0.39, 0.29) is 5.69 Å². The van der Waals surface area contributed by atoms with E-state index >= 15 is 0 Å². The van der Waals surface area contributed by atoms with E-state index in [1.54, 1.807) is 12.1 Å². The van der Waals surface area contributed by atoms with Crippen LogP contribution in [0.25, 0.3) is 0 Å². The van der Waals surface area contributed by atoms with Gasteiger partial charge in [0.05, 0.1) is 9.21 Å². The first-order chi connectivity index (χ1) is 7.18. The minimum atomic E-state index is -0.618. The molecule has 0 saturated carbocycles. The van der Waals surface area contributed by atoms with E-state index in [1.165, 1.54) is 18.3 Å². The molecule has 5 heteroatoms. The van der Waals surface area contributed by atoms with Crippen LogP contribution in [-0.4, -0.2) is 10.8 Å². The van der Waals surface area contributed by atoms with Gasteiger partial charge < -0.3 is 0 Å². The molecule has 0 atom stereocenters. The highest BCUT2D eigenvalue weighted by Gasteiger charge is 2.16. The highest BCUT2D eigenvalue weighted by atomic mass is 35.5. The van der Waals surface area contributed by atoms with Crippen molar-refractivity contribution in [3.05, 3.63) is 51.2 Å². The fourth-order valence-electron chi connectivity index (χ4n) is 1.11. The van der Waals surface area contributed by atoms with Crippen molar-refractivity contribution in [2.45, 2.75) is 0 Å². The van der Waals surface area contributed by atoms with Gasteiger partial charge in [0.15, 0.2) is 5.82 Å². The first-order valence-electron chi connectivity index (χ1n) is 4.09. The van der Waals surface area contributed by atoms with Crippen LogP contribution in [0.15, 0.2) is 30.5 Å². The lowest BCUT2D eigenvalue weighted by Crippen LogP contribution is -2.04. The van der Waals surface area contributed by atoms with Crippen LogP contribution in [0.1, 0.15) is 15.4 Å². The van der Waals surface area contributed by atoms with Crippen LogP contribution in [0.3, 0.4) is 0 Å². The summed E-state index contributed by atoms with van der Waals surface area (Å²) in [6, 6.07) is 5.80. The molecule has 2 aromatic heterocycles. The molecule has 2 heterocycles. The number of ketones is 1. The predicted molar refractivity (Wildman–Crippen MR) is 57.0 cm³/mol. The zero-order valence-electron chi connectivity index (χ0n) is 7.41. The number of thiophene rings is 1. The third kappa shape index (κ3) is 2.06. The number of carbonyl (C=O) groups excluding carboxylic acids is 1. The van der Waals surface area contributed by atoms with Crippen LogP contribution in [-0.2, 0) is 0 Å². The van der Waals surface area contributed by atoms with E-state index in [0.717, 1.165) is 11.3 Å². The number of hydrogen-bond donors (Lipinski definition) is 0. The van der Waals surface area contributed by atoms with E-state index in [0.29, 0.717) is 9.21 Å². The maximum atomic E-state index is 13.2. The Balaban J connectivity index is 2.41. The van der Waals surface area contributed by atoms with Gasteiger partial charge in [0.25, 0.3) is 0 Å². The van der Waals surface area contributed by atoms with Gasteiger partial charge in [-0.25, -0.2) is 9.37 Å². The third-order valence-corrected chi connectivity index (χ3v) is 3.00. The van der Waals surface area contributed by atoms with Crippen molar-refractivity contribution in [1.29, 1.82) is 0 Å². The molecule has 0 radical (unpaired) electrons. The molecule has 76 valence electrons. The molecule has 0 aliphatic rings. The molecule has 2 nitrogen and oxygen atoms in total. The maximum absolute atomic E-state index is 13.2. The number of halogens is 2. The monoisotopic (exact) mass is 241 g/mol. The summed E-state index contributed by atoms with van der Waals surface area (Å²) in [6.45, 7) is 0. The predicted octanol–water partition coefficient (Wildman–Crippen LogP) is 3.17. The molecule has 2 rings (SSSR count). The summed E-state index contributed by atoms with van der Waals surface area (Å²) in [5, 5.41) is 0. The molecule has 0 aliphatic carbocycles. The van der Waals surface area contributed by atoms with Crippen molar-refractivity contribution < 1.29 is 9.18 Å². The molecular weight excluding hydrogens is 237 g/mol. The van der Waals surface area contributed by atoms with Crippen LogP contribution >= 0.6 is 22.9 Å². The second-order valence-electron chi connectivity index (χ2n) is 2.77. The first kappa shape index (κ1) is 10.3. The van der Waals surface area contributed by atoms with Gasteiger partial charge in [-0.15, -0.1) is 11.3 Å². The molecule has 0 spiro atoms. The van der Waals surface area contributed by atoms with E-state index in [9.17, 15) is 9.18 Å². The maximum Gasteiger partial charge on any atom is 0.224 e. The van der Waals surface area contributed by atoms with Crippen molar-refractivity contribution in [3.63, 3.8) is 0 Å². The van der Waals surface area contributed by atoms with Gasteiger partial charge in [-0.1, -0.05) is 11.6 Å². The molecular formula is C10H5ClFNOS. The Hall–Kier alpha value is -1.26. The number of nitrogens with zero attached hydrogens (tertiary/aromatic N) is 1. The Morgan fingerprint density at radius 1 is 1.40 bits per heavy atom. The minimum absolute atomic E-state index is 0.170. The number of carbonyl (C=O) groups is 1. The molecule has 15 heavy (non-hydrogen) atoms. The Labute approximate surface area is 94.3 Å².